The molecule has 2 atom stereocenters. The molecule has 3 N–H and O–H groups in total. The van der Waals surface area contributed by atoms with Gasteiger partial charge in [0, 0.05) is 37.3 Å². The molecule has 234 valence electrons. The molecule has 13 heteroatoms. The first kappa shape index (κ1) is 30.6. The number of anilines is 2. The van der Waals surface area contributed by atoms with Gasteiger partial charge in [-0.25, -0.2) is 18.5 Å². The molecule has 1 aromatic heterocycles. The lowest BCUT2D eigenvalue weighted by Gasteiger charge is -2.49. The van der Waals surface area contributed by atoms with Crippen LogP contribution in [0.4, 0.5) is 20.7 Å². The van der Waals surface area contributed by atoms with Gasteiger partial charge in [-0.15, -0.1) is 4.40 Å². The van der Waals surface area contributed by atoms with Crippen LogP contribution in [0.2, 0.25) is 5.02 Å². The van der Waals surface area contributed by atoms with Crippen molar-refractivity contribution in [2.24, 2.45) is 4.40 Å². The van der Waals surface area contributed by atoms with E-state index in [4.69, 9.17) is 16.6 Å². The summed E-state index contributed by atoms with van der Waals surface area (Å²) in [5, 5.41) is 9.87. The Hall–Kier alpha value is -3.42. The number of hydrogen-bond donors (Lipinski definition) is 3. The first-order valence-electron chi connectivity index (χ1n) is 14.5. The number of amidine groups is 1. The number of aromatic nitrogens is 1. The van der Waals surface area contributed by atoms with Gasteiger partial charge in [-0.05, 0) is 93.1 Å². The quantitative estimate of drug-likeness (QED) is 0.272. The van der Waals surface area contributed by atoms with Gasteiger partial charge < -0.3 is 19.8 Å². The Morgan fingerprint density at radius 3 is 2.45 bits per heavy atom. The smallest absolute Gasteiger partial charge is 0.407 e. The number of nitrogens with zero attached hydrogens (tertiary/aromatic N) is 6. The zero-order chi connectivity index (χ0) is 31.5. The van der Waals surface area contributed by atoms with Crippen molar-refractivity contribution >= 4 is 46.0 Å². The van der Waals surface area contributed by atoms with Gasteiger partial charge >= 0.3 is 6.09 Å². The van der Waals surface area contributed by atoms with Crippen LogP contribution in [0, 0.1) is 5.82 Å². The lowest BCUT2D eigenvalue weighted by Crippen LogP contribution is -2.59. The number of carboxylic acid groups (broad SMARTS) is 1. The summed E-state index contributed by atoms with van der Waals surface area (Å²) in [5.41, 5.74) is 3.43. The second-order valence-electron chi connectivity index (χ2n) is 12.1. The number of halogens is 2. The van der Waals surface area contributed by atoms with Crippen molar-refractivity contribution in [3.63, 3.8) is 0 Å². The van der Waals surface area contributed by atoms with Crippen LogP contribution in [0.15, 0.2) is 52.9 Å². The summed E-state index contributed by atoms with van der Waals surface area (Å²) < 4.78 is 44.7. The van der Waals surface area contributed by atoms with Crippen LogP contribution in [0.3, 0.4) is 0 Å². The molecule has 3 aliphatic rings. The lowest BCUT2D eigenvalue weighted by molar-refractivity contribution is 0.0750. The highest BCUT2D eigenvalue weighted by atomic mass is 35.5. The second kappa shape index (κ2) is 11.5. The molecule has 0 bridgehead atoms. The van der Waals surface area contributed by atoms with E-state index in [0.717, 1.165) is 30.5 Å². The van der Waals surface area contributed by atoms with Gasteiger partial charge in [0.05, 0.1) is 22.0 Å². The van der Waals surface area contributed by atoms with E-state index in [-0.39, 0.29) is 59.0 Å². The molecule has 44 heavy (non-hydrogen) atoms. The van der Waals surface area contributed by atoms with Gasteiger partial charge in [-0.1, -0.05) is 35.9 Å². The molecule has 10 nitrogen and oxygen atoms in total. The van der Waals surface area contributed by atoms with Gasteiger partial charge in [-0.3, -0.25) is 9.11 Å². The van der Waals surface area contributed by atoms with Gasteiger partial charge in [0.2, 0.25) is 0 Å². The molecule has 3 aromatic rings. The normalized spacial score (nSPS) is 22.1. The molecule has 1 saturated heterocycles. The zero-order valence-corrected chi connectivity index (χ0v) is 26.6. The van der Waals surface area contributed by atoms with Crippen molar-refractivity contribution in [2.45, 2.75) is 51.2 Å². The average molecular weight is 643 g/mol. The maximum atomic E-state index is 15.1. The SMILES string of the molecule is C[C@@H]1CN(C2=NS(O)(O)N(c3ccc(CN(C)C)cc3C3CC3)c3nc(-c4ccccc4F)c(Cl)cc32)[C@@H](C)CN1C(=O)O. The number of carbonyl (C=O) groups is 1. The number of fused-ring (bicyclic) bond motifs is 1. The molecule has 0 spiro atoms. The maximum absolute atomic E-state index is 15.1. The molecule has 2 fully saturated rings. The molecule has 1 amide bonds. The maximum Gasteiger partial charge on any atom is 0.407 e. The summed E-state index contributed by atoms with van der Waals surface area (Å²) in [4.78, 5) is 22.0. The summed E-state index contributed by atoms with van der Waals surface area (Å²) in [7, 11) is 0.0837. The largest absolute Gasteiger partial charge is 0.465 e. The average Bonchev–Trinajstić information content (AvgIpc) is 3.79. The lowest BCUT2D eigenvalue weighted by atomic mass is 10.0. The Bertz CT molecular complexity index is 1650. The first-order chi connectivity index (χ1) is 20.9. The van der Waals surface area contributed by atoms with E-state index >= 15 is 4.39 Å². The van der Waals surface area contributed by atoms with Gasteiger partial charge in [0.1, 0.15) is 5.82 Å². The predicted octanol–water partition coefficient (Wildman–Crippen LogP) is 7.03. The van der Waals surface area contributed by atoms with Crippen molar-refractivity contribution in [3.05, 3.63) is 76.1 Å². The number of rotatable bonds is 5. The van der Waals surface area contributed by atoms with Crippen LogP contribution in [0.5, 0.6) is 0 Å². The summed E-state index contributed by atoms with van der Waals surface area (Å²) in [6, 6.07) is 13.0. The Labute approximate surface area is 263 Å². The highest BCUT2D eigenvalue weighted by molar-refractivity contribution is 8.24. The zero-order valence-electron chi connectivity index (χ0n) is 25.0. The Morgan fingerprint density at radius 1 is 1.07 bits per heavy atom. The van der Waals surface area contributed by atoms with Crippen LogP contribution < -0.4 is 4.31 Å². The van der Waals surface area contributed by atoms with E-state index in [9.17, 15) is 19.0 Å². The van der Waals surface area contributed by atoms with Crippen molar-refractivity contribution in [1.29, 1.82) is 0 Å². The fraction of sp³-hybridized carbons (Fsp3) is 0.387. The van der Waals surface area contributed by atoms with E-state index in [1.54, 1.807) is 31.2 Å². The van der Waals surface area contributed by atoms with Crippen LogP contribution in [0.25, 0.3) is 11.3 Å². The van der Waals surface area contributed by atoms with Crippen molar-refractivity contribution < 1.29 is 23.4 Å². The van der Waals surface area contributed by atoms with E-state index in [0.29, 0.717) is 11.3 Å². The molecule has 2 aliphatic heterocycles. The molecule has 0 unspecified atom stereocenters. The highest BCUT2D eigenvalue weighted by Gasteiger charge is 2.43. The van der Waals surface area contributed by atoms with E-state index in [1.807, 2.05) is 38.1 Å². The fourth-order valence-corrected chi connectivity index (χ4v) is 7.65. The Kier molecular flexibility index (Phi) is 8.00. The summed E-state index contributed by atoms with van der Waals surface area (Å²) in [6.45, 7) is 4.84. The summed E-state index contributed by atoms with van der Waals surface area (Å²) in [5.74, 6) is 0.191. The molecule has 3 heterocycles. The number of pyridine rings is 1. The van der Waals surface area contributed by atoms with Crippen molar-refractivity contribution in [2.75, 3.05) is 31.5 Å². The third-order valence-electron chi connectivity index (χ3n) is 8.30. The van der Waals surface area contributed by atoms with Gasteiger partial charge in [0.15, 0.2) is 11.7 Å². The minimum atomic E-state index is -3.91. The standard InChI is InChI=1S/C31H36ClFN6O4S/c1-18-16-38(31(40)41)19(2)15-37(18)30-24-14-25(32)28(22-7-5-6-8-26(22)33)34-29(24)39(44(42,43)35-30)27-12-9-20(17-36(3)4)13-23(27)21-10-11-21/h5-9,12-14,18-19,21,42-43H,10-11,15-17H2,1-4H3,(H,40,41)/t18-,19+/m0/s1. The summed E-state index contributed by atoms with van der Waals surface area (Å²) >= 11 is 6.80. The monoisotopic (exact) mass is 642 g/mol. The minimum absolute atomic E-state index is 0.166. The van der Waals surface area contributed by atoms with Crippen LogP contribution in [-0.4, -0.2) is 85.1 Å². The molecule has 6 rings (SSSR count). The molecular weight excluding hydrogens is 607 g/mol. The predicted molar refractivity (Wildman–Crippen MR) is 172 cm³/mol. The van der Waals surface area contributed by atoms with E-state index < -0.39 is 22.9 Å². The van der Waals surface area contributed by atoms with Gasteiger partial charge in [0.25, 0.3) is 0 Å². The van der Waals surface area contributed by atoms with Gasteiger partial charge in [-0.2, -0.15) is 0 Å². The number of hydrogen-bond acceptors (Lipinski definition) is 8. The van der Waals surface area contributed by atoms with Crippen molar-refractivity contribution in [1.82, 2.24) is 19.7 Å². The van der Waals surface area contributed by atoms with Crippen LogP contribution in [0.1, 0.15) is 49.3 Å². The third kappa shape index (κ3) is 5.61. The molecular formula is C31H36ClFN6O4S. The number of piperazine rings is 1. The molecule has 1 aliphatic carbocycles. The third-order valence-corrected chi connectivity index (χ3v) is 9.87. The number of amides is 1. The van der Waals surface area contributed by atoms with Crippen molar-refractivity contribution in [3.8, 4) is 11.3 Å². The molecule has 2 aromatic carbocycles. The summed E-state index contributed by atoms with van der Waals surface area (Å²) in [6.07, 6.45) is 0.935. The van der Waals surface area contributed by atoms with Crippen LogP contribution in [-0.2, 0) is 6.54 Å². The number of benzene rings is 2. The second-order valence-corrected chi connectivity index (χ2v) is 14.0. The first-order valence-corrected chi connectivity index (χ1v) is 16.4. The highest BCUT2D eigenvalue weighted by Crippen LogP contribution is 2.59. The molecule has 1 saturated carbocycles. The minimum Gasteiger partial charge on any atom is -0.465 e. The fourth-order valence-electron chi connectivity index (χ4n) is 6.08. The molecule has 0 radical (unpaired) electrons. The van der Waals surface area contributed by atoms with E-state index in [1.165, 1.54) is 15.3 Å². The Balaban J connectivity index is 1.55. The van der Waals surface area contributed by atoms with Crippen LogP contribution >= 0.6 is 22.6 Å². The topological polar surface area (TPSA) is 116 Å². The Morgan fingerprint density at radius 2 is 1.80 bits per heavy atom. The van der Waals surface area contributed by atoms with E-state index in [2.05, 4.69) is 15.4 Å².